The van der Waals surface area contributed by atoms with Gasteiger partial charge in [-0.2, -0.15) is 0 Å². The summed E-state index contributed by atoms with van der Waals surface area (Å²) < 4.78 is 25.8. The van der Waals surface area contributed by atoms with Crippen LogP contribution in [0, 0.1) is 34.5 Å². The maximum atomic E-state index is 12.1. The number of fused-ring (bicyclic) bond motifs is 5. The van der Waals surface area contributed by atoms with Gasteiger partial charge in [-0.05, 0) is 85.9 Å². The number of aliphatic hydroxyl groups is 1. The van der Waals surface area contributed by atoms with Crippen LogP contribution in [-0.2, 0) is 10.0 Å². The number of aliphatic hydroxyl groups excluding tert-OH is 1. The van der Waals surface area contributed by atoms with E-state index in [-0.39, 0.29) is 16.9 Å². The molecule has 4 nitrogen and oxygen atoms in total. The van der Waals surface area contributed by atoms with E-state index in [4.69, 9.17) is 0 Å². The SMILES string of the molecule is C[C@]12CCN(S(C)(=O)=O)CCC1CC[C@@H]1[C@@H]2CC[C@]2(C)C(O)CC[C@@H]12. The molecule has 0 radical (unpaired) electrons. The number of rotatable bonds is 1. The largest absolute Gasteiger partial charge is 0.393 e. The lowest BCUT2D eigenvalue weighted by Crippen LogP contribution is -2.52. The van der Waals surface area contributed by atoms with Gasteiger partial charge in [-0.25, -0.2) is 12.7 Å². The number of nitrogens with zero attached hydrogens (tertiary/aromatic N) is 1. The molecule has 0 aromatic rings. The van der Waals surface area contributed by atoms with Crippen molar-refractivity contribution in [3.05, 3.63) is 0 Å². The van der Waals surface area contributed by atoms with Crippen LogP contribution in [0.25, 0.3) is 0 Å². The first kappa shape index (κ1) is 18.2. The van der Waals surface area contributed by atoms with Crippen LogP contribution < -0.4 is 0 Å². The third-order valence-corrected chi connectivity index (χ3v) is 10.4. The van der Waals surface area contributed by atoms with Crippen molar-refractivity contribution < 1.29 is 13.5 Å². The van der Waals surface area contributed by atoms with Crippen LogP contribution in [0.2, 0.25) is 0 Å². The predicted octanol–water partition coefficient (Wildman–Crippen LogP) is 3.26. The Morgan fingerprint density at radius 3 is 2.32 bits per heavy atom. The Morgan fingerprint density at radius 2 is 1.60 bits per heavy atom. The van der Waals surface area contributed by atoms with Gasteiger partial charge in [0.1, 0.15) is 0 Å². The van der Waals surface area contributed by atoms with E-state index in [0.29, 0.717) is 30.8 Å². The summed E-state index contributed by atoms with van der Waals surface area (Å²) in [6.07, 6.45) is 10.4. The molecule has 144 valence electrons. The Hall–Kier alpha value is -0.130. The number of hydrogen-bond donors (Lipinski definition) is 1. The Kier molecular flexibility index (Phi) is 4.33. The molecule has 1 N–H and O–H groups in total. The van der Waals surface area contributed by atoms with Gasteiger partial charge in [0.25, 0.3) is 0 Å². The first-order chi connectivity index (χ1) is 11.7. The molecule has 4 fully saturated rings. The lowest BCUT2D eigenvalue weighted by Gasteiger charge is -2.58. The summed E-state index contributed by atoms with van der Waals surface area (Å²) in [7, 11) is -3.08. The molecular formula is C20H35NO3S. The second-order valence-corrected chi connectivity index (χ2v) is 12.0. The van der Waals surface area contributed by atoms with Gasteiger partial charge in [0, 0.05) is 13.1 Å². The highest BCUT2D eigenvalue weighted by Crippen LogP contribution is 2.65. The van der Waals surface area contributed by atoms with Crippen LogP contribution in [0.15, 0.2) is 0 Å². The molecule has 1 aliphatic heterocycles. The topological polar surface area (TPSA) is 57.6 Å². The summed E-state index contributed by atoms with van der Waals surface area (Å²) in [5.41, 5.74) is 0.408. The zero-order valence-corrected chi connectivity index (χ0v) is 16.9. The third kappa shape index (κ3) is 2.71. The standard InChI is InChI=1S/C20H35NO3S/c1-19-11-13-21(25(3,23)24)12-9-14(19)4-5-15-16-6-7-18(22)20(16,2)10-8-17(15)19/h14-18,22H,4-13H2,1-3H3/t14?,15-,16-,17-,18?,19-,20-/m0/s1. The molecule has 1 heterocycles. The van der Waals surface area contributed by atoms with Crippen LogP contribution in [0.1, 0.15) is 65.2 Å². The Labute approximate surface area is 153 Å². The molecule has 0 spiro atoms. The van der Waals surface area contributed by atoms with E-state index >= 15 is 0 Å². The summed E-state index contributed by atoms with van der Waals surface area (Å²) in [5, 5.41) is 10.6. The zero-order chi connectivity index (χ0) is 18.0. The average molecular weight is 370 g/mol. The lowest BCUT2D eigenvalue weighted by atomic mass is 9.47. The zero-order valence-electron chi connectivity index (χ0n) is 16.1. The lowest BCUT2D eigenvalue weighted by molar-refractivity contribution is -0.109. The van der Waals surface area contributed by atoms with Crippen molar-refractivity contribution in [2.75, 3.05) is 19.3 Å². The third-order valence-electron chi connectivity index (χ3n) is 9.11. The predicted molar refractivity (Wildman–Crippen MR) is 99.5 cm³/mol. The molecule has 4 aliphatic rings. The average Bonchev–Trinajstić information content (AvgIpc) is 2.72. The molecule has 0 bridgehead atoms. The van der Waals surface area contributed by atoms with E-state index in [1.165, 1.54) is 31.9 Å². The van der Waals surface area contributed by atoms with Gasteiger partial charge in [-0.3, -0.25) is 0 Å². The van der Waals surface area contributed by atoms with Crippen molar-refractivity contribution in [1.82, 2.24) is 4.31 Å². The molecule has 4 rings (SSSR count). The van der Waals surface area contributed by atoms with Crippen molar-refractivity contribution >= 4 is 10.0 Å². The quantitative estimate of drug-likeness (QED) is 0.772. The smallest absolute Gasteiger partial charge is 0.211 e. The van der Waals surface area contributed by atoms with Crippen molar-refractivity contribution in [2.45, 2.75) is 71.3 Å². The van der Waals surface area contributed by atoms with Crippen molar-refractivity contribution in [3.63, 3.8) is 0 Å². The van der Waals surface area contributed by atoms with Crippen LogP contribution >= 0.6 is 0 Å². The summed E-state index contributed by atoms with van der Waals surface area (Å²) in [6.45, 7) is 6.20. The fraction of sp³-hybridized carbons (Fsp3) is 1.00. The Morgan fingerprint density at radius 1 is 0.880 bits per heavy atom. The molecular weight excluding hydrogens is 334 g/mol. The molecule has 0 amide bonds. The second kappa shape index (κ2) is 5.93. The van der Waals surface area contributed by atoms with Gasteiger partial charge in [0.05, 0.1) is 12.4 Å². The summed E-state index contributed by atoms with van der Waals surface area (Å²) in [4.78, 5) is 0. The highest BCUT2D eigenvalue weighted by atomic mass is 32.2. The molecule has 25 heavy (non-hydrogen) atoms. The molecule has 2 unspecified atom stereocenters. The Bertz CT molecular complexity index is 635. The number of hydrogen-bond acceptors (Lipinski definition) is 3. The number of sulfonamides is 1. The van der Waals surface area contributed by atoms with E-state index in [0.717, 1.165) is 31.6 Å². The second-order valence-electron chi connectivity index (χ2n) is 10.00. The molecule has 0 aromatic carbocycles. The molecule has 7 atom stereocenters. The summed E-state index contributed by atoms with van der Waals surface area (Å²) in [6, 6.07) is 0. The van der Waals surface area contributed by atoms with Gasteiger partial charge >= 0.3 is 0 Å². The molecule has 3 aliphatic carbocycles. The normalized spacial score (nSPS) is 51.3. The van der Waals surface area contributed by atoms with Crippen LogP contribution in [-0.4, -0.2) is 43.3 Å². The molecule has 0 aromatic heterocycles. The maximum absolute atomic E-state index is 12.1. The highest BCUT2D eigenvalue weighted by molar-refractivity contribution is 7.88. The van der Waals surface area contributed by atoms with Crippen molar-refractivity contribution in [1.29, 1.82) is 0 Å². The molecule has 1 saturated heterocycles. The minimum absolute atomic E-state index is 0.112. The minimum Gasteiger partial charge on any atom is -0.393 e. The Balaban J connectivity index is 1.60. The molecule has 5 heteroatoms. The van der Waals surface area contributed by atoms with E-state index in [2.05, 4.69) is 13.8 Å². The van der Waals surface area contributed by atoms with Crippen LogP contribution in [0.3, 0.4) is 0 Å². The van der Waals surface area contributed by atoms with E-state index in [1.54, 1.807) is 4.31 Å². The van der Waals surface area contributed by atoms with Crippen LogP contribution in [0.5, 0.6) is 0 Å². The maximum Gasteiger partial charge on any atom is 0.211 e. The van der Waals surface area contributed by atoms with Crippen molar-refractivity contribution in [3.8, 4) is 0 Å². The summed E-state index contributed by atoms with van der Waals surface area (Å²) >= 11 is 0. The fourth-order valence-electron chi connectivity index (χ4n) is 7.48. The highest BCUT2D eigenvalue weighted by Gasteiger charge is 2.59. The van der Waals surface area contributed by atoms with E-state index in [9.17, 15) is 13.5 Å². The summed E-state index contributed by atoms with van der Waals surface area (Å²) in [5.74, 6) is 2.79. The van der Waals surface area contributed by atoms with Gasteiger partial charge in [0.2, 0.25) is 10.0 Å². The van der Waals surface area contributed by atoms with Gasteiger partial charge in [0.15, 0.2) is 0 Å². The monoisotopic (exact) mass is 369 g/mol. The minimum atomic E-state index is -3.08. The molecule has 3 saturated carbocycles. The van der Waals surface area contributed by atoms with Gasteiger partial charge < -0.3 is 5.11 Å². The van der Waals surface area contributed by atoms with Crippen molar-refractivity contribution in [2.24, 2.45) is 34.5 Å². The van der Waals surface area contributed by atoms with Crippen LogP contribution in [0.4, 0.5) is 0 Å². The first-order valence-corrected chi connectivity index (χ1v) is 12.1. The van der Waals surface area contributed by atoms with E-state index in [1.807, 2.05) is 0 Å². The fourth-order valence-corrected chi connectivity index (χ4v) is 8.34. The first-order valence-electron chi connectivity index (χ1n) is 10.3. The van der Waals surface area contributed by atoms with Gasteiger partial charge in [-0.1, -0.05) is 13.8 Å². The van der Waals surface area contributed by atoms with E-state index < -0.39 is 10.0 Å². The van der Waals surface area contributed by atoms with Gasteiger partial charge in [-0.15, -0.1) is 0 Å².